The topological polar surface area (TPSA) is 32.3 Å². The predicted octanol–water partition coefficient (Wildman–Crippen LogP) is 2.27. The lowest BCUT2D eigenvalue weighted by Gasteiger charge is -2.33. The van der Waals surface area contributed by atoms with Crippen molar-refractivity contribution in [3.63, 3.8) is 0 Å². The molecule has 0 saturated heterocycles. The number of nitrogens with one attached hydrogen (secondary N) is 1. The maximum atomic E-state index is 10.1. The van der Waals surface area contributed by atoms with E-state index in [1.54, 1.807) is 0 Å². The molecule has 1 aliphatic carbocycles. The highest BCUT2D eigenvalue weighted by atomic mass is 28.1. The first kappa shape index (κ1) is 14.2. The van der Waals surface area contributed by atoms with Gasteiger partial charge in [-0.3, -0.25) is 0 Å². The molecule has 3 unspecified atom stereocenters. The number of hydrogen-bond donors (Lipinski definition) is 2. The molecular weight excluding hydrogens is 214 g/mol. The molecule has 2 N–H and O–H groups in total. The van der Waals surface area contributed by atoms with Crippen molar-refractivity contribution in [2.75, 3.05) is 6.54 Å². The first-order valence-corrected chi connectivity index (χ1v) is 7.54. The van der Waals surface area contributed by atoms with Crippen molar-refractivity contribution in [3.8, 4) is 0 Å². The Kier molecular flexibility index (Phi) is 7.33. The summed E-state index contributed by atoms with van der Waals surface area (Å²) in [5.74, 6) is 0.746. The summed E-state index contributed by atoms with van der Waals surface area (Å²) in [5.41, 5.74) is 0. The zero-order chi connectivity index (χ0) is 11.8. The summed E-state index contributed by atoms with van der Waals surface area (Å²) < 4.78 is 0. The lowest BCUT2D eigenvalue weighted by atomic mass is 9.81. The molecule has 0 bridgehead atoms. The molecule has 0 amide bonds. The van der Waals surface area contributed by atoms with Crippen LogP contribution in [0.5, 0.6) is 0 Å². The zero-order valence-electron chi connectivity index (χ0n) is 10.5. The first-order chi connectivity index (χ1) is 7.77. The van der Waals surface area contributed by atoms with Crippen molar-refractivity contribution < 1.29 is 5.11 Å². The quantitative estimate of drug-likeness (QED) is 0.528. The van der Waals surface area contributed by atoms with Gasteiger partial charge in [-0.2, -0.15) is 0 Å². The lowest BCUT2D eigenvalue weighted by molar-refractivity contribution is 0.0629. The van der Waals surface area contributed by atoms with Crippen LogP contribution >= 0.6 is 0 Å². The third-order valence-corrected chi connectivity index (χ3v) is 4.00. The standard InChI is InChI=1S/C13H26NOSi/c1-2-3-8-14-12-7-6-11(5-4-9-16)10-13(12)15/h11-15H,2-10H2,1H3. The van der Waals surface area contributed by atoms with Crippen LogP contribution in [-0.2, 0) is 0 Å². The highest BCUT2D eigenvalue weighted by molar-refractivity contribution is 6.08. The molecule has 1 saturated carbocycles. The lowest BCUT2D eigenvalue weighted by Crippen LogP contribution is -2.44. The Morgan fingerprint density at radius 3 is 2.75 bits per heavy atom. The Hall–Kier alpha value is 0.137. The molecule has 0 aromatic carbocycles. The van der Waals surface area contributed by atoms with Crippen molar-refractivity contribution >= 4 is 10.2 Å². The summed E-state index contributed by atoms with van der Waals surface area (Å²) >= 11 is 0. The van der Waals surface area contributed by atoms with Crippen LogP contribution in [-0.4, -0.2) is 34.0 Å². The first-order valence-electron chi connectivity index (χ1n) is 6.84. The van der Waals surface area contributed by atoms with Gasteiger partial charge in [0.2, 0.25) is 0 Å². The van der Waals surface area contributed by atoms with Crippen LogP contribution in [0.25, 0.3) is 0 Å². The molecular formula is C13H26NOSi. The minimum Gasteiger partial charge on any atom is -0.391 e. The van der Waals surface area contributed by atoms with Gasteiger partial charge in [0.15, 0.2) is 0 Å². The van der Waals surface area contributed by atoms with E-state index in [1.807, 2.05) is 0 Å². The minimum absolute atomic E-state index is 0.120. The molecule has 0 heterocycles. The van der Waals surface area contributed by atoms with Gasteiger partial charge in [0.25, 0.3) is 0 Å². The fourth-order valence-electron chi connectivity index (χ4n) is 2.59. The van der Waals surface area contributed by atoms with Gasteiger partial charge in [-0.25, -0.2) is 0 Å². The number of aliphatic hydroxyl groups excluding tert-OH is 1. The normalized spacial score (nSPS) is 30.6. The van der Waals surface area contributed by atoms with Gasteiger partial charge in [0, 0.05) is 16.3 Å². The molecule has 0 spiro atoms. The second-order valence-corrected chi connectivity index (χ2v) is 5.55. The SMILES string of the molecule is CCCCNC1CCC(CCC[Si])CC1O. The van der Waals surface area contributed by atoms with Crippen molar-refractivity contribution in [2.24, 2.45) is 5.92 Å². The molecule has 3 radical (unpaired) electrons. The summed E-state index contributed by atoms with van der Waals surface area (Å²) in [4.78, 5) is 0. The molecule has 0 aromatic heterocycles. The van der Waals surface area contributed by atoms with Gasteiger partial charge in [0.05, 0.1) is 6.10 Å². The Morgan fingerprint density at radius 1 is 1.31 bits per heavy atom. The van der Waals surface area contributed by atoms with Crippen LogP contribution in [0.2, 0.25) is 6.04 Å². The van der Waals surface area contributed by atoms with E-state index in [-0.39, 0.29) is 6.10 Å². The van der Waals surface area contributed by atoms with Crippen LogP contribution in [0.3, 0.4) is 0 Å². The summed E-state index contributed by atoms with van der Waals surface area (Å²) in [7, 11) is 3.52. The van der Waals surface area contributed by atoms with Crippen LogP contribution < -0.4 is 5.32 Å². The Bertz CT molecular complexity index is 177. The molecule has 1 aliphatic rings. The van der Waals surface area contributed by atoms with Crippen molar-refractivity contribution in [1.29, 1.82) is 0 Å². The molecule has 1 rings (SSSR count). The second-order valence-electron chi connectivity index (χ2n) is 5.05. The molecule has 1 fully saturated rings. The molecule has 2 nitrogen and oxygen atoms in total. The van der Waals surface area contributed by atoms with Crippen LogP contribution in [0.1, 0.15) is 51.9 Å². The van der Waals surface area contributed by atoms with Crippen molar-refractivity contribution in [1.82, 2.24) is 5.32 Å². The van der Waals surface area contributed by atoms with E-state index in [0.717, 1.165) is 31.3 Å². The molecule has 93 valence electrons. The number of unbranched alkanes of at least 4 members (excludes halogenated alkanes) is 1. The van der Waals surface area contributed by atoms with Gasteiger partial charge < -0.3 is 10.4 Å². The molecule has 3 atom stereocenters. The van der Waals surface area contributed by atoms with Crippen LogP contribution in [0.4, 0.5) is 0 Å². The largest absolute Gasteiger partial charge is 0.391 e. The van der Waals surface area contributed by atoms with E-state index < -0.39 is 0 Å². The van der Waals surface area contributed by atoms with Gasteiger partial charge in [0.1, 0.15) is 0 Å². The molecule has 3 heteroatoms. The Balaban J connectivity index is 2.18. The highest BCUT2D eigenvalue weighted by Crippen LogP contribution is 2.28. The average molecular weight is 240 g/mol. The van der Waals surface area contributed by atoms with Gasteiger partial charge in [-0.15, -0.1) is 0 Å². The average Bonchev–Trinajstić information content (AvgIpc) is 2.29. The smallest absolute Gasteiger partial charge is 0.0695 e. The van der Waals surface area contributed by atoms with Gasteiger partial charge in [-0.1, -0.05) is 32.2 Å². The molecule has 0 aromatic rings. The molecule has 16 heavy (non-hydrogen) atoms. The third-order valence-electron chi connectivity index (χ3n) is 3.65. The highest BCUT2D eigenvalue weighted by Gasteiger charge is 2.27. The maximum absolute atomic E-state index is 10.1. The van der Waals surface area contributed by atoms with Crippen LogP contribution in [0.15, 0.2) is 0 Å². The minimum atomic E-state index is -0.120. The predicted molar refractivity (Wildman–Crippen MR) is 69.8 cm³/mol. The fourth-order valence-corrected chi connectivity index (χ4v) is 2.79. The van der Waals surface area contributed by atoms with Crippen molar-refractivity contribution in [3.05, 3.63) is 0 Å². The monoisotopic (exact) mass is 240 g/mol. The van der Waals surface area contributed by atoms with E-state index in [1.165, 1.54) is 32.1 Å². The summed E-state index contributed by atoms with van der Waals surface area (Å²) in [6.07, 6.45) is 8.26. The fraction of sp³-hybridized carbons (Fsp3) is 1.00. The van der Waals surface area contributed by atoms with E-state index in [9.17, 15) is 5.11 Å². The van der Waals surface area contributed by atoms with Crippen molar-refractivity contribution in [2.45, 2.75) is 70.1 Å². The summed E-state index contributed by atoms with van der Waals surface area (Å²) in [6.45, 7) is 3.26. The number of aliphatic hydroxyl groups is 1. The van der Waals surface area contributed by atoms with E-state index in [2.05, 4.69) is 22.5 Å². The second kappa shape index (κ2) is 8.26. The van der Waals surface area contributed by atoms with Gasteiger partial charge >= 0.3 is 0 Å². The van der Waals surface area contributed by atoms with Gasteiger partial charge in [-0.05, 0) is 38.1 Å². The number of rotatable bonds is 7. The van der Waals surface area contributed by atoms with E-state index in [0.29, 0.717) is 6.04 Å². The van der Waals surface area contributed by atoms with E-state index >= 15 is 0 Å². The Labute approximate surface area is 104 Å². The molecule has 0 aliphatic heterocycles. The summed E-state index contributed by atoms with van der Waals surface area (Å²) in [6, 6.07) is 1.44. The Morgan fingerprint density at radius 2 is 2.12 bits per heavy atom. The summed E-state index contributed by atoms with van der Waals surface area (Å²) in [5, 5.41) is 13.6. The van der Waals surface area contributed by atoms with E-state index in [4.69, 9.17) is 0 Å². The van der Waals surface area contributed by atoms with Crippen LogP contribution in [0, 0.1) is 5.92 Å². The maximum Gasteiger partial charge on any atom is 0.0695 e. The third kappa shape index (κ3) is 4.98. The zero-order valence-corrected chi connectivity index (χ0v) is 11.5. The number of hydrogen-bond acceptors (Lipinski definition) is 2.